The van der Waals surface area contributed by atoms with Crippen LogP contribution in [-0.4, -0.2) is 24.1 Å². The molecule has 12 rings (SSSR count). The predicted octanol–water partition coefficient (Wildman–Crippen LogP) is 13.4. The van der Waals surface area contributed by atoms with Crippen molar-refractivity contribution in [2.75, 3.05) is 0 Å². The van der Waals surface area contributed by atoms with Crippen molar-refractivity contribution in [3.8, 4) is 45.5 Å². The second-order valence-electron chi connectivity index (χ2n) is 14.8. The third-order valence-electron chi connectivity index (χ3n) is 11.5. The lowest BCUT2D eigenvalue weighted by molar-refractivity contribution is 1.07. The molecular weight excluding hydrogens is 707 g/mol. The van der Waals surface area contributed by atoms with Crippen LogP contribution >= 0.6 is 0 Å². The molecule has 0 amide bonds. The Morgan fingerprint density at radius 3 is 1.64 bits per heavy atom. The first-order valence-corrected chi connectivity index (χ1v) is 19.6. The van der Waals surface area contributed by atoms with Gasteiger partial charge in [-0.15, -0.1) is 0 Å². The number of rotatable bonds is 5. The Labute approximate surface area is 333 Å². The van der Waals surface area contributed by atoms with Crippen LogP contribution in [0.2, 0.25) is 0 Å². The summed E-state index contributed by atoms with van der Waals surface area (Å²) in [5, 5.41) is 9.47. The van der Waals surface area contributed by atoms with Gasteiger partial charge >= 0.3 is 0 Å². The molecule has 0 atom stereocenters. The Hall–Kier alpha value is -7.89. The molecular formula is C53H33N5. The van der Waals surface area contributed by atoms with E-state index < -0.39 is 0 Å². The zero-order valence-corrected chi connectivity index (χ0v) is 31.3. The van der Waals surface area contributed by atoms with Crippen molar-refractivity contribution in [3.05, 3.63) is 200 Å². The van der Waals surface area contributed by atoms with Crippen LogP contribution in [0.3, 0.4) is 0 Å². The number of nitrogens with zero attached hydrogens (tertiary/aromatic N) is 5. The largest absolute Gasteiger partial charge is 0.309 e. The first-order valence-electron chi connectivity index (χ1n) is 19.6. The number of para-hydroxylation sites is 3. The highest BCUT2D eigenvalue weighted by molar-refractivity contribution is 6.21. The lowest BCUT2D eigenvalue weighted by Crippen LogP contribution is -2.04. The van der Waals surface area contributed by atoms with Gasteiger partial charge in [0.2, 0.25) is 0 Å². The van der Waals surface area contributed by atoms with Crippen molar-refractivity contribution >= 4 is 65.2 Å². The van der Waals surface area contributed by atoms with Crippen LogP contribution in [0, 0.1) is 0 Å². The molecule has 0 saturated carbocycles. The number of benzene rings is 9. The highest BCUT2D eigenvalue weighted by Gasteiger charge is 2.22. The summed E-state index contributed by atoms with van der Waals surface area (Å²) < 4.78 is 4.73. The minimum absolute atomic E-state index is 0.614. The van der Waals surface area contributed by atoms with E-state index in [0.717, 1.165) is 66.3 Å². The van der Waals surface area contributed by atoms with Crippen molar-refractivity contribution < 1.29 is 0 Å². The van der Waals surface area contributed by atoms with E-state index in [1.165, 1.54) is 26.9 Å². The van der Waals surface area contributed by atoms with Gasteiger partial charge in [0.05, 0.1) is 27.8 Å². The minimum Gasteiger partial charge on any atom is -0.309 e. The quantitative estimate of drug-likeness (QED) is 0.177. The highest BCUT2D eigenvalue weighted by atomic mass is 15.1. The van der Waals surface area contributed by atoms with E-state index in [1.54, 1.807) is 0 Å². The van der Waals surface area contributed by atoms with Crippen LogP contribution in [0.1, 0.15) is 0 Å². The highest BCUT2D eigenvalue weighted by Crippen LogP contribution is 2.41. The van der Waals surface area contributed by atoms with Gasteiger partial charge in [-0.05, 0) is 82.2 Å². The second kappa shape index (κ2) is 12.8. The first kappa shape index (κ1) is 32.4. The first-order chi connectivity index (χ1) is 28.8. The van der Waals surface area contributed by atoms with Crippen LogP contribution in [0.25, 0.3) is 111 Å². The van der Waals surface area contributed by atoms with Gasteiger partial charge in [0, 0.05) is 43.9 Å². The molecule has 9 aromatic carbocycles. The predicted molar refractivity (Wildman–Crippen MR) is 240 cm³/mol. The van der Waals surface area contributed by atoms with Crippen LogP contribution < -0.4 is 0 Å². The molecule has 5 nitrogen and oxygen atoms in total. The fourth-order valence-electron chi connectivity index (χ4n) is 8.90. The lowest BCUT2D eigenvalue weighted by atomic mass is 10.0. The molecule has 5 heteroatoms. The summed E-state index contributed by atoms with van der Waals surface area (Å²) in [6.07, 6.45) is 0. The Bertz CT molecular complexity index is 3560. The van der Waals surface area contributed by atoms with E-state index in [0.29, 0.717) is 17.5 Å². The number of fused-ring (bicyclic) bond motifs is 9. The zero-order valence-electron chi connectivity index (χ0n) is 31.3. The number of hydrogen-bond acceptors (Lipinski definition) is 3. The van der Waals surface area contributed by atoms with Gasteiger partial charge in [-0.3, -0.25) is 0 Å². The second-order valence-corrected chi connectivity index (χ2v) is 14.8. The normalized spacial score (nSPS) is 11.8. The summed E-state index contributed by atoms with van der Waals surface area (Å²) in [5.74, 6) is 1.86. The van der Waals surface area contributed by atoms with Crippen molar-refractivity contribution in [3.63, 3.8) is 0 Å². The fourth-order valence-corrected chi connectivity index (χ4v) is 8.90. The van der Waals surface area contributed by atoms with E-state index in [9.17, 15) is 0 Å². The molecule has 0 saturated heterocycles. The van der Waals surface area contributed by atoms with Gasteiger partial charge in [0.1, 0.15) is 0 Å². The summed E-state index contributed by atoms with van der Waals surface area (Å²) in [4.78, 5) is 15.9. The standard InChI is InChI=1S/C53H33N5/c1-3-16-35(17-4-1)51-54-52(38-28-29-47-43(32-38)41-23-11-13-25-45(41)57(47)39-20-5-2-6-21-39)56-53(55-51)44-31-36-18-7-8-19-37(36)33-49(44)58-46-26-14-12-24-42(46)50-40-22-10-9-15-34(40)27-30-48(50)58/h1-33H. The van der Waals surface area contributed by atoms with Crippen LogP contribution in [0.5, 0.6) is 0 Å². The molecule has 0 aliphatic heterocycles. The Morgan fingerprint density at radius 1 is 0.310 bits per heavy atom. The molecule has 0 unspecified atom stereocenters. The summed E-state index contributed by atoms with van der Waals surface area (Å²) in [6.45, 7) is 0. The Kier molecular flexibility index (Phi) is 7.16. The van der Waals surface area contributed by atoms with Crippen molar-refractivity contribution in [2.45, 2.75) is 0 Å². The Morgan fingerprint density at radius 2 is 0.862 bits per heavy atom. The maximum atomic E-state index is 5.40. The van der Waals surface area contributed by atoms with E-state index >= 15 is 0 Å². The fraction of sp³-hybridized carbons (Fsp3) is 0. The summed E-state index contributed by atoms with van der Waals surface area (Å²) in [5.41, 5.74) is 9.46. The topological polar surface area (TPSA) is 48.5 Å². The average Bonchev–Trinajstić information content (AvgIpc) is 3.82. The van der Waals surface area contributed by atoms with Gasteiger partial charge in [0.25, 0.3) is 0 Å². The number of hydrogen-bond donors (Lipinski definition) is 0. The third kappa shape index (κ3) is 5.00. The van der Waals surface area contributed by atoms with Crippen molar-refractivity contribution in [1.29, 1.82) is 0 Å². The molecule has 58 heavy (non-hydrogen) atoms. The van der Waals surface area contributed by atoms with Gasteiger partial charge in [-0.25, -0.2) is 15.0 Å². The molecule has 0 radical (unpaired) electrons. The van der Waals surface area contributed by atoms with E-state index in [2.05, 4.69) is 191 Å². The van der Waals surface area contributed by atoms with E-state index in [1.807, 2.05) is 18.2 Å². The Balaban J connectivity index is 1.14. The lowest BCUT2D eigenvalue weighted by Gasteiger charge is -2.16. The number of aromatic nitrogens is 5. The molecule has 0 spiro atoms. The molecule has 0 N–H and O–H groups in total. The average molecular weight is 740 g/mol. The molecule has 0 fully saturated rings. The maximum Gasteiger partial charge on any atom is 0.166 e. The minimum atomic E-state index is 0.614. The van der Waals surface area contributed by atoms with Gasteiger partial charge in [0.15, 0.2) is 17.5 Å². The molecule has 270 valence electrons. The summed E-state index contributed by atoms with van der Waals surface area (Å²) >= 11 is 0. The van der Waals surface area contributed by atoms with E-state index in [4.69, 9.17) is 15.0 Å². The molecule has 3 aromatic heterocycles. The van der Waals surface area contributed by atoms with Crippen LogP contribution in [0.4, 0.5) is 0 Å². The van der Waals surface area contributed by atoms with Crippen molar-refractivity contribution in [2.24, 2.45) is 0 Å². The summed E-state index contributed by atoms with van der Waals surface area (Å²) in [6, 6.07) is 70.9. The van der Waals surface area contributed by atoms with E-state index in [-0.39, 0.29) is 0 Å². The van der Waals surface area contributed by atoms with Crippen LogP contribution in [0.15, 0.2) is 200 Å². The molecule has 3 heterocycles. The molecule has 0 bridgehead atoms. The molecule has 0 aliphatic rings. The van der Waals surface area contributed by atoms with Crippen LogP contribution in [-0.2, 0) is 0 Å². The van der Waals surface area contributed by atoms with Crippen molar-refractivity contribution in [1.82, 2.24) is 24.1 Å². The SMILES string of the molecule is c1ccc(-c2nc(-c3ccc4c(c3)c3ccccc3n4-c3ccccc3)nc(-c3cc4ccccc4cc3-n3c4ccccc4c4c5ccccc5ccc43)n2)cc1. The van der Waals surface area contributed by atoms with Gasteiger partial charge < -0.3 is 9.13 Å². The molecule has 12 aromatic rings. The summed E-state index contributed by atoms with van der Waals surface area (Å²) in [7, 11) is 0. The third-order valence-corrected chi connectivity index (χ3v) is 11.5. The monoisotopic (exact) mass is 739 g/mol. The van der Waals surface area contributed by atoms with Gasteiger partial charge in [-0.1, -0.05) is 140 Å². The molecule has 0 aliphatic carbocycles. The maximum absolute atomic E-state index is 5.40. The van der Waals surface area contributed by atoms with Gasteiger partial charge in [-0.2, -0.15) is 0 Å². The zero-order chi connectivity index (χ0) is 38.2. The smallest absolute Gasteiger partial charge is 0.166 e.